The first-order valence-corrected chi connectivity index (χ1v) is 5.72. The maximum Gasteiger partial charge on any atom is 0.180 e. The zero-order valence-corrected chi connectivity index (χ0v) is 10.7. The summed E-state index contributed by atoms with van der Waals surface area (Å²) in [6, 6.07) is 0. The van der Waals surface area contributed by atoms with Crippen molar-refractivity contribution in [3.05, 3.63) is 18.3 Å². The molecule has 2 aromatic rings. The van der Waals surface area contributed by atoms with Gasteiger partial charge >= 0.3 is 0 Å². The number of carbonyl (C=O) groups excluding carboxylic acids is 1. The van der Waals surface area contributed by atoms with Crippen molar-refractivity contribution in [3.8, 4) is 0 Å². The molecule has 0 saturated heterocycles. The van der Waals surface area contributed by atoms with E-state index in [1.165, 1.54) is 6.33 Å². The molecular formula is C11H16N4O5. The van der Waals surface area contributed by atoms with Gasteiger partial charge in [0.15, 0.2) is 11.9 Å². The van der Waals surface area contributed by atoms with Gasteiger partial charge in [-0.25, -0.2) is 15.0 Å². The van der Waals surface area contributed by atoms with Gasteiger partial charge in [0.2, 0.25) is 0 Å². The first-order chi connectivity index (χ1) is 9.51. The Morgan fingerprint density at radius 2 is 2.00 bits per heavy atom. The van der Waals surface area contributed by atoms with Gasteiger partial charge in [-0.3, -0.25) is 0 Å². The molecule has 110 valence electrons. The lowest BCUT2D eigenvalue weighted by atomic mass is 10.1. The van der Waals surface area contributed by atoms with E-state index >= 15 is 0 Å². The van der Waals surface area contributed by atoms with Crippen molar-refractivity contribution in [1.82, 2.24) is 19.9 Å². The van der Waals surface area contributed by atoms with Gasteiger partial charge in [-0.2, -0.15) is 0 Å². The lowest BCUT2D eigenvalue weighted by Crippen LogP contribution is -2.40. The van der Waals surface area contributed by atoms with Crippen LogP contribution in [0.15, 0.2) is 12.7 Å². The fourth-order valence-corrected chi connectivity index (χ4v) is 1.30. The Balaban J connectivity index is 0.000000200. The van der Waals surface area contributed by atoms with E-state index in [0.717, 1.165) is 16.9 Å². The fraction of sp³-hybridized carbons (Fsp3) is 0.455. The van der Waals surface area contributed by atoms with Crippen LogP contribution in [0.5, 0.6) is 0 Å². The van der Waals surface area contributed by atoms with E-state index in [2.05, 4.69) is 19.9 Å². The largest absolute Gasteiger partial charge is 0.394 e. The molecule has 9 nitrogen and oxygen atoms in total. The zero-order valence-electron chi connectivity index (χ0n) is 10.7. The van der Waals surface area contributed by atoms with Crippen LogP contribution in [-0.2, 0) is 4.79 Å². The molecule has 2 rings (SSSR count). The molecule has 3 atom stereocenters. The number of aliphatic hydroxyl groups excluding tert-OH is 4. The van der Waals surface area contributed by atoms with E-state index in [1.54, 1.807) is 6.33 Å². The molecule has 0 aromatic carbocycles. The molecular weight excluding hydrogens is 268 g/mol. The quantitative estimate of drug-likeness (QED) is 0.401. The van der Waals surface area contributed by atoms with Crippen LogP contribution in [0.2, 0.25) is 0 Å². The molecule has 0 aliphatic heterocycles. The number of aryl methyl sites for hydroxylation is 1. The Morgan fingerprint density at radius 3 is 2.55 bits per heavy atom. The molecule has 0 radical (unpaired) electrons. The summed E-state index contributed by atoms with van der Waals surface area (Å²) in [6.07, 6.45) is -1.50. The summed E-state index contributed by atoms with van der Waals surface area (Å²) in [7, 11) is 0. The summed E-state index contributed by atoms with van der Waals surface area (Å²) >= 11 is 0. The van der Waals surface area contributed by atoms with E-state index in [-0.39, 0.29) is 6.29 Å². The smallest absolute Gasteiger partial charge is 0.180 e. The van der Waals surface area contributed by atoms with Crippen LogP contribution in [0, 0.1) is 6.92 Å². The Morgan fingerprint density at radius 1 is 1.30 bits per heavy atom. The maximum absolute atomic E-state index is 9.76. The fourth-order valence-electron chi connectivity index (χ4n) is 1.30. The molecule has 5 N–H and O–H groups in total. The minimum Gasteiger partial charge on any atom is -0.394 e. The maximum atomic E-state index is 9.76. The number of nitrogens with zero attached hydrogens (tertiary/aromatic N) is 3. The van der Waals surface area contributed by atoms with Gasteiger partial charge < -0.3 is 30.2 Å². The van der Waals surface area contributed by atoms with Crippen LogP contribution in [-0.4, -0.2) is 71.6 Å². The van der Waals surface area contributed by atoms with Crippen LogP contribution in [0.4, 0.5) is 0 Å². The molecule has 0 aliphatic rings. The molecule has 0 unspecified atom stereocenters. The number of aromatic amines is 1. The minimum atomic E-state index is -1.64. The third kappa shape index (κ3) is 4.03. The summed E-state index contributed by atoms with van der Waals surface area (Å²) in [5, 5.41) is 34.1. The predicted octanol–water partition coefficient (Wildman–Crippen LogP) is -2.08. The summed E-state index contributed by atoms with van der Waals surface area (Å²) in [6.45, 7) is 1.23. The second-order valence-corrected chi connectivity index (χ2v) is 3.93. The molecule has 0 aliphatic carbocycles. The number of H-pyrrole nitrogens is 1. The van der Waals surface area contributed by atoms with Crippen LogP contribution >= 0.6 is 0 Å². The number of aldehydes is 1. The average molecular weight is 284 g/mol. The number of hydrogen-bond donors (Lipinski definition) is 5. The van der Waals surface area contributed by atoms with Gasteiger partial charge in [-0.15, -0.1) is 0 Å². The highest BCUT2D eigenvalue weighted by Gasteiger charge is 2.22. The second kappa shape index (κ2) is 7.60. The van der Waals surface area contributed by atoms with Gasteiger partial charge in [-0.1, -0.05) is 0 Å². The predicted molar refractivity (Wildman–Crippen MR) is 67.6 cm³/mol. The first-order valence-electron chi connectivity index (χ1n) is 5.72. The number of fused-ring (bicyclic) bond motifs is 1. The van der Waals surface area contributed by atoms with Gasteiger partial charge in [0, 0.05) is 0 Å². The summed E-state index contributed by atoms with van der Waals surface area (Å²) in [5.74, 6) is 0. The van der Waals surface area contributed by atoms with E-state index in [1.807, 2.05) is 6.92 Å². The summed E-state index contributed by atoms with van der Waals surface area (Å²) < 4.78 is 0. The molecule has 20 heavy (non-hydrogen) atoms. The Kier molecular flexibility index (Phi) is 6.12. The van der Waals surface area contributed by atoms with Crippen molar-refractivity contribution >= 4 is 17.5 Å². The average Bonchev–Trinajstić information content (AvgIpc) is 2.95. The van der Waals surface area contributed by atoms with Crippen LogP contribution < -0.4 is 0 Å². The molecule has 0 bridgehead atoms. The van der Waals surface area contributed by atoms with Crippen molar-refractivity contribution in [2.45, 2.75) is 25.2 Å². The number of carbonyl (C=O) groups is 1. The second-order valence-electron chi connectivity index (χ2n) is 3.93. The number of rotatable bonds is 4. The van der Waals surface area contributed by atoms with Crippen molar-refractivity contribution in [1.29, 1.82) is 0 Å². The summed E-state index contributed by atoms with van der Waals surface area (Å²) in [5.41, 5.74) is 2.58. The van der Waals surface area contributed by atoms with E-state index < -0.39 is 24.9 Å². The number of imidazole rings is 1. The molecule has 0 spiro atoms. The van der Waals surface area contributed by atoms with Gasteiger partial charge in [-0.05, 0) is 6.92 Å². The monoisotopic (exact) mass is 284 g/mol. The number of nitrogens with one attached hydrogen (secondary N) is 1. The third-order valence-electron chi connectivity index (χ3n) is 2.48. The molecule has 0 fully saturated rings. The molecule has 2 aromatic heterocycles. The number of aromatic nitrogens is 4. The van der Waals surface area contributed by atoms with Gasteiger partial charge in [0.25, 0.3) is 0 Å². The molecule has 2 heterocycles. The minimum absolute atomic E-state index is 0.0869. The standard InChI is InChI=1S/C6H6N4.C5H10O5/c1-4-5-6(9-2-7-4)10-3-8-5;6-1-3(8)5(10)4(9)2-7/h2-3H,1H3,(H,7,8,9,10);1,3-5,7-10H,2H2/t;3-,4+,5-/m.0/s1. The van der Waals surface area contributed by atoms with Gasteiger partial charge in [0.05, 0.1) is 18.6 Å². The van der Waals surface area contributed by atoms with E-state index in [9.17, 15) is 4.79 Å². The van der Waals surface area contributed by atoms with Crippen LogP contribution in [0.3, 0.4) is 0 Å². The van der Waals surface area contributed by atoms with Crippen molar-refractivity contribution < 1.29 is 25.2 Å². The zero-order chi connectivity index (χ0) is 15.1. The summed E-state index contributed by atoms with van der Waals surface area (Å²) in [4.78, 5) is 24.6. The lowest BCUT2D eigenvalue weighted by Gasteiger charge is -2.16. The SMILES string of the molecule is Cc1ncnc2nc[nH]c12.O=C[C@H](O)[C@H](O)[C@H](O)CO. The van der Waals surface area contributed by atoms with Gasteiger partial charge in [0.1, 0.15) is 30.2 Å². The Bertz CT molecular complexity index is 546. The van der Waals surface area contributed by atoms with E-state index in [4.69, 9.17) is 20.4 Å². The highest BCUT2D eigenvalue weighted by Crippen LogP contribution is 2.06. The molecule has 0 saturated carbocycles. The van der Waals surface area contributed by atoms with E-state index in [0.29, 0.717) is 0 Å². The van der Waals surface area contributed by atoms with Crippen molar-refractivity contribution in [2.24, 2.45) is 0 Å². The van der Waals surface area contributed by atoms with Crippen molar-refractivity contribution in [3.63, 3.8) is 0 Å². The van der Waals surface area contributed by atoms with Crippen molar-refractivity contribution in [2.75, 3.05) is 6.61 Å². The number of hydrogen-bond acceptors (Lipinski definition) is 8. The third-order valence-corrected chi connectivity index (χ3v) is 2.48. The Hall–Kier alpha value is -1.94. The van der Waals surface area contributed by atoms with Crippen LogP contribution in [0.25, 0.3) is 11.2 Å². The Labute approximate surface area is 114 Å². The number of aliphatic hydroxyl groups is 4. The highest BCUT2D eigenvalue weighted by atomic mass is 16.4. The first kappa shape index (κ1) is 16.1. The topological polar surface area (TPSA) is 152 Å². The molecule has 9 heteroatoms. The molecule has 0 amide bonds. The normalized spacial score (nSPS) is 15.1. The van der Waals surface area contributed by atoms with Crippen LogP contribution in [0.1, 0.15) is 5.69 Å². The highest BCUT2D eigenvalue weighted by molar-refractivity contribution is 5.71. The lowest BCUT2D eigenvalue weighted by molar-refractivity contribution is -0.127.